The van der Waals surface area contributed by atoms with Crippen molar-refractivity contribution in [3.05, 3.63) is 0 Å². The van der Waals surface area contributed by atoms with Crippen LogP contribution in [0.2, 0.25) is 0 Å². The predicted molar refractivity (Wildman–Crippen MR) is 60.9 cm³/mol. The van der Waals surface area contributed by atoms with E-state index in [0.29, 0.717) is 19.4 Å². The van der Waals surface area contributed by atoms with Gasteiger partial charge in [-0.1, -0.05) is 6.42 Å². The monoisotopic (exact) mass is 246 g/mol. The van der Waals surface area contributed by atoms with Crippen molar-refractivity contribution in [2.45, 2.75) is 44.6 Å². The Hall–Kier alpha value is -0.710. The fraction of sp³-hybridized carbons (Fsp3) is 0.917. The highest BCUT2D eigenvalue weighted by Gasteiger charge is 2.32. The van der Waals surface area contributed by atoms with Crippen LogP contribution in [-0.2, 0) is 4.79 Å². The molecule has 2 atom stereocenters. The number of hydrogen-bond acceptors (Lipinski definition) is 2. The summed E-state index contributed by atoms with van der Waals surface area (Å²) >= 11 is 0. The van der Waals surface area contributed by atoms with E-state index in [-0.39, 0.29) is 18.5 Å². The predicted octanol–water partition coefficient (Wildman–Crippen LogP) is 1.63. The molecule has 0 spiro atoms. The average Bonchev–Trinajstić information content (AvgIpc) is 2.39. The fourth-order valence-electron chi connectivity index (χ4n) is 2.70. The summed E-state index contributed by atoms with van der Waals surface area (Å²) in [6.45, 7) is 1.73. The van der Waals surface area contributed by atoms with Gasteiger partial charge >= 0.3 is 0 Å². The minimum absolute atomic E-state index is 0.0232. The van der Waals surface area contributed by atoms with Gasteiger partial charge in [0.2, 0.25) is 12.3 Å². The number of alkyl halides is 2. The quantitative estimate of drug-likeness (QED) is 0.803. The minimum atomic E-state index is -2.30. The number of carbonyl (C=O) groups is 1. The third-order valence-electron chi connectivity index (χ3n) is 3.73. The van der Waals surface area contributed by atoms with Crippen molar-refractivity contribution in [3.63, 3.8) is 0 Å². The Morgan fingerprint density at radius 2 is 2.06 bits per heavy atom. The highest BCUT2D eigenvalue weighted by molar-refractivity contribution is 5.82. The van der Waals surface area contributed by atoms with E-state index in [0.717, 1.165) is 25.8 Å². The van der Waals surface area contributed by atoms with E-state index in [9.17, 15) is 13.6 Å². The molecule has 2 saturated heterocycles. The van der Waals surface area contributed by atoms with Crippen molar-refractivity contribution in [1.82, 2.24) is 10.2 Å². The molecule has 2 rings (SSSR count). The summed E-state index contributed by atoms with van der Waals surface area (Å²) in [4.78, 5) is 13.8. The normalized spacial score (nSPS) is 30.6. The Balaban J connectivity index is 1.89. The molecule has 0 aromatic rings. The van der Waals surface area contributed by atoms with E-state index in [2.05, 4.69) is 5.32 Å². The van der Waals surface area contributed by atoms with Crippen molar-refractivity contribution in [2.75, 3.05) is 19.6 Å². The second-order valence-corrected chi connectivity index (χ2v) is 5.02. The SMILES string of the molecule is O=C([C@H]1CCCCN1)N1CCC[C@@H](C(F)F)C1. The fourth-order valence-corrected chi connectivity index (χ4v) is 2.70. The van der Waals surface area contributed by atoms with Crippen molar-refractivity contribution < 1.29 is 13.6 Å². The first kappa shape index (κ1) is 12.7. The van der Waals surface area contributed by atoms with Crippen molar-refractivity contribution in [1.29, 1.82) is 0 Å². The number of likely N-dealkylation sites (tertiary alicyclic amines) is 1. The molecule has 0 aromatic heterocycles. The third kappa shape index (κ3) is 3.15. The van der Waals surface area contributed by atoms with Crippen LogP contribution < -0.4 is 5.32 Å². The summed E-state index contributed by atoms with van der Waals surface area (Å²) in [5, 5.41) is 3.18. The molecule has 5 heteroatoms. The molecule has 98 valence electrons. The molecule has 2 fully saturated rings. The molecule has 3 nitrogen and oxygen atoms in total. The van der Waals surface area contributed by atoms with E-state index in [4.69, 9.17) is 0 Å². The summed E-state index contributed by atoms with van der Waals surface area (Å²) in [5.74, 6) is -0.605. The second-order valence-electron chi connectivity index (χ2n) is 5.02. The van der Waals surface area contributed by atoms with Crippen LogP contribution in [0, 0.1) is 5.92 Å². The van der Waals surface area contributed by atoms with Gasteiger partial charge in [-0.05, 0) is 32.2 Å². The molecule has 2 heterocycles. The van der Waals surface area contributed by atoms with Gasteiger partial charge in [0.15, 0.2) is 0 Å². The molecule has 0 aromatic carbocycles. The molecule has 0 unspecified atom stereocenters. The van der Waals surface area contributed by atoms with Gasteiger partial charge in [-0.2, -0.15) is 0 Å². The maximum Gasteiger partial charge on any atom is 0.243 e. The van der Waals surface area contributed by atoms with Gasteiger partial charge in [0.1, 0.15) is 0 Å². The maximum absolute atomic E-state index is 12.6. The largest absolute Gasteiger partial charge is 0.341 e. The van der Waals surface area contributed by atoms with Crippen LogP contribution >= 0.6 is 0 Å². The van der Waals surface area contributed by atoms with Crippen molar-refractivity contribution in [3.8, 4) is 0 Å². The highest BCUT2D eigenvalue weighted by atomic mass is 19.3. The van der Waals surface area contributed by atoms with Crippen LogP contribution in [0.15, 0.2) is 0 Å². The van der Waals surface area contributed by atoms with Gasteiger partial charge in [-0.15, -0.1) is 0 Å². The molecule has 2 aliphatic rings. The van der Waals surface area contributed by atoms with Crippen LogP contribution in [0.3, 0.4) is 0 Å². The number of amides is 1. The van der Waals surface area contributed by atoms with Gasteiger partial charge in [0, 0.05) is 19.0 Å². The van der Waals surface area contributed by atoms with Crippen LogP contribution in [0.25, 0.3) is 0 Å². The number of nitrogens with one attached hydrogen (secondary N) is 1. The average molecular weight is 246 g/mol. The number of rotatable bonds is 2. The second kappa shape index (κ2) is 5.76. The molecular formula is C12H20F2N2O. The summed E-state index contributed by atoms with van der Waals surface area (Å²) in [6, 6.07) is -0.139. The number of hydrogen-bond donors (Lipinski definition) is 1. The first-order valence-corrected chi connectivity index (χ1v) is 6.49. The Labute approximate surface area is 101 Å². The lowest BCUT2D eigenvalue weighted by Crippen LogP contribution is -2.52. The summed E-state index contributed by atoms with van der Waals surface area (Å²) in [5.41, 5.74) is 0. The van der Waals surface area contributed by atoms with Gasteiger partial charge < -0.3 is 10.2 Å². The summed E-state index contributed by atoms with van der Waals surface area (Å²) in [7, 11) is 0. The first-order valence-electron chi connectivity index (χ1n) is 6.49. The van der Waals surface area contributed by atoms with E-state index < -0.39 is 12.3 Å². The zero-order chi connectivity index (χ0) is 12.3. The Morgan fingerprint density at radius 3 is 2.71 bits per heavy atom. The van der Waals surface area contributed by atoms with Crippen LogP contribution in [0.5, 0.6) is 0 Å². The third-order valence-corrected chi connectivity index (χ3v) is 3.73. The van der Waals surface area contributed by atoms with E-state index in [1.54, 1.807) is 4.90 Å². The van der Waals surface area contributed by atoms with Crippen molar-refractivity contribution >= 4 is 5.91 Å². The van der Waals surface area contributed by atoms with Gasteiger partial charge in [-0.25, -0.2) is 8.78 Å². The lowest BCUT2D eigenvalue weighted by atomic mass is 9.96. The molecule has 1 N–H and O–H groups in total. The molecular weight excluding hydrogens is 226 g/mol. The van der Waals surface area contributed by atoms with Crippen LogP contribution in [0.4, 0.5) is 8.78 Å². The van der Waals surface area contributed by atoms with Gasteiger partial charge in [0.05, 0.1) is 6.04 Å². The zero-order valence-corrected chi connectivity index (χ0v) is 10.0. The molecule has 0 aliphatic carbocycles. The molecule has 0 radical (unpaired) electrons. The minimum Gasteiger partial charge on any atom is -0.341 e. The number of nitrogens with zero attached hydrogens (tertiary/aromatic N) is 1. The number of halogens is 2. The van der Waals surface area contributed by atoms with Gasteiger partial charge in [-0.3, -0.25) is 4.79 Å². The summed E-state index contributed by atoms with van der Waals surface area (Å²) < 4.78 is 25.3. The molecule has 1 amide bonds. The molecule has 0 bridgehead atoms. The number of carbonyl (C=O) groups excluding carboxylic acids is 1. The highest BCUT2D eigenvalue weighted by Crippen LogP contribution is 2.23. The summed E-state index contributed by atoms with van der Waals surface area (Å²) in [6.07, 6.45) is 1.94. The maximum atomic E-state index is 12.6. The Kier molecular flexibility index (Phi) is 4.31. The number of piperidine rings is 2. The molecule has 2 aliphatic heterocycles. The van der Waals surface area contributed by atoms with E-state index in [1.165, 1.54) is 0 Å². The van der Waals surface area contributed by atoms with Crippen LogP contribution in [0.1, 0.15) is 32.1 Å². The Bertz CT molecular complexity index is 267. The lowest BCUT2D eigenvalue weighted by Gasteiger charge is -2.35. The topological polar surface area (TPSA) is 32.3 Å². The molecule has 17 heavy (non-hydrogen) atoms. The smallest absolute Gasteiger partial charge is 0.243 e. The van der Waals surface area contributed by atoms with E-state index in [1.807, 2.05) is 0 Å². The lowest BCUT2D eigenvalue weighted by molar-refractivity contribution is -0.137. The Morgan fingerprint density at radius 1 is 1.24 bits per heavy atom. The van der Waals surface area contributed by atoms with Crippen molar-refractivity contribution in [2.24, 2.45) is 5.92 Å². The van der Waals surface area contributed by atoms with Gasteiger partial charge in [0.25, 0.3) is 0 Å². The van der Waals surface area contributed by atoms with Crippen LogP contribution in [-0.4, -0.2) is 42.9 Å². The molecule has 0 saturated carbocycles. The zero-order valence-electron chi connectivity index (χ0n) is 10.0. The standard InChI is InChI=1S/C12H20F2N2O/c13-11(14)9-4-3-7-16(8-9)12(17)10-5-1-2-6-15-10/h9-11,15H,1-8H2/t9-,10-/m1/s1. The van der Waals surface area contributed by atoms with E-state index >= 15 is 0 Å². The first-order chi connectivity index (χ1) is 8.18.